The minimum Gasteiger partial charge on any atom is -0.463 e. The van der Waals surface area contributed by atoms with Crippen LogP contribution in [0.4, 0.5) is 0 Å². The number of esters is 3. The molecule has 11 heteroatoms. The van der Waals surface area contributed by atoms with E-state index in [1.807, 2.05) is 0 Å². The van der Waals surface area contributed by atoms with E-state index in [1.165, 1.54) is 27.7 Å². The quantitative estimate of drug-likeness (QED) is 0.271. The van der Waals surface area contributed by atoms with Crippen molar-refractivity contribution in [1.82, 2.24) is 5.32 Å². The second-order valence-electron chi connectivity index (χ2n) is 6.79. The van der Waals surface area contributed by atoms with Gasteiger partial charge in [-0.05, 0) is 12.8 Å². The zero-order valence-corrected chi connectivity index (χ0v) is 18.0. The molecule has 5 atom stereocenters. The Labute approximate surface area is 175 Å². The molecule has 30 heavy (non-hydrogen) atoms. The SMILES string of the molecule is COCCCCO[C@@H]1O[C@H](COC(C)=O)[C@H](OC(C)=O)C(OC(C)=O)C1NC(C)=O. The number of carbonyl (C=O) groups excluding carboxylic acids is 4. The molecule has 0 aromatic heterocycles. The van der Waals surface area contributed by atoms with Crippen LogP contribution >= 0.6 is 0 Å². The van der Waals surface area contributed by atoms with E-state index in [0.29, 0.717) is 13.0 Å². The van der Waals surface area contributed by atoms with E-state index >= 15 is 0 Å². The van der Waals surface area contributed by atoms with Gasteiger partial charge in [-0.3, -0.25) is 19.2 Å². The van der Waals surface area contributed by atoms with Gasteiger partial charge in [0.1, 0.15) is 18.8 Å². The molecule has 0 saturated carbocycles. The summed E-state index contributed by atoms with van der Waals surface area (Å²) in [6.07, 6.45) is -2.86. The van der Waals surface area contributed by atoms with Crippen molar-refractivity contribution in [3.63, 3.8) is 0 Å². The van der Waals surface area contributed by atoms with Crippen LogP contribution in [0.5, 0.6) is 0 Å². The number of hydrogen-bond donors (Lipinski definition) is 1. The minimum absolute atomic E-state index is 0.263. The molecule has 1 aliphatic heterocycles. The maximum Gasteiger partial charge on any atom is 0.303 e. The van der Waals surface area contributed by atoms with Crippen LogP contribution in [0.25, 0.3) is 0 Å². The van der Waals surface area contributed by atoms with Gasteiger partial charge in [-0.1, -0.05) is 0 Å². The summed E-state index contributed by atoms with van der Waals surface area (Å²) in [5.74, 6) is -2.30. The Morgan fingerprint density at radius 2 is 1.47 bits per heavy atom. The molecule has 1 amide bonds. The summed E-state index contributed by atoms with van der Waals surface area (Å²) in [5, 5.41) is 2.64. The monoisotopic (exact) mass is 433 g/mol. The lowest BCUT2D eigenvalue weighted by Crippen LogP contribution is -2.66. The average molecular weight is 433 g/mol. The van der Waals surface area contributed by atoms with E-state index in [2.05, 4.69) is 5.32 Å². The third kappa shape index (κ3) is 9.06. The minimum atomic E-state index is -1.13. The van der Waals surface area contributed by atoms with Gasteiger partial charge in [0.15, 0.2) is 18.5 Å². The molecule has 1 rings (SSSR count). The lowest BCUT2D eigenvalue weighted by Gasteiger charge is -2.44. The largest absolute Gasteiger partial charge is 0.463 e. The zero-order valence-electron chi connectivity index (χ0n) is 18.0. The van der Waals surface area contributed by atoms with Crippen molar-refractivity contribution in [2.75, 3.05) is 26.9 Å². The van der Waals surface area contributed by atoms with E-state index in [4.69, 9.17) is 28.4 Å². The summed E-state index contributed by atoms with van der Waals surface area (Å²) in [4.78, 5) is 46.4. The van der Waals surface area contributed by atoms with Crippen molar-refractivity contribution >= 4 is 23.8 Å². The summed E-state index contributed by atoms with van der Waals surface area (Å²) in [7, 11) is 1.59. The highest BCUT2D eigenvalue weighted by Gasteiger charge is 2.51. The average Bonchev–Trinajstić information content (AvgIpc) is 2.63. The second-order valence-corrected chi connectivity index (χ2v) is 6.79. The van der Waals surface area contributed by atoms with Gasteiger partial charge in [-0.25, -0.2) is 0 Å². The van der Waals surface area contributed by atoms with Crippen molar-refractivity contribution in [3.05, 3.63) is 0 Å². The van der Waals surface area contributed by atoms with Crippen LogP contribution in [-0.2, 0) is 47.6 Å². The summed E-state index contributed by atoms with van der Waals surface area (Å²) < 4.78 is 32.3. The molecule has 1 aliphatic rings. The normalized spacial score (nSPS) is 25.8. The molecule has 1 fully saturated rings. The molecule has 1 heterocycles. The van der Waals surface area contributed by atoms with Gasteiger partial charge in [0.25, 0.3) is 0 Å². The van der Waals surface area contributed by atoms with E-state index in [1.54, 1.807) is 7.11 Å². The first-order chi connectivity index (χ1) is 14.1. The molecule has 0 spiro atoms. The maximum atomic E-state index is 11.8. The molecule has 172 valence electrons. The van der Waals surface area contributed by atoms with Gasteiger partial charge in [0, 0.05) is 48.0 Å². The number of hydrogen-bond acceptors (Lipinski definition) is 10. The highest BCUT2D eigenvalue weighted by atomic mass is 16.7. The van der Waals surface area contributed by atoms with Crippen molar-refractivity contribution in [1.29, 1.82) is 0 Å². The molecule has 0 aromatic rings. The van der Waals surface area contributed by atoms with Crippen LogP contribution in [0.1, 0.15) is 40.5 Å². The van der Waals surface area contributed by atoms with Gasteiger partial charge in [-0.15, -0.1) is 0 Å². The summed E-state index contributed by atoms with van der Waals surface area (Å²) in [6.45, 7) is 5.44. The third-order valence-corrected chi connectivity index (χ3v) is 4.10. The van der Waals surface area contributed by atoms with Gasteiger partial charge >= 0.3 is 17.9 Å². The lowest BCUT2D eigenvalue weighted by atomic mass is 9.96. The topological polar surface area (TPSA) is 136 Å². The molecule has 0 aromatic carbocycles. The smallest absolute Gasteiger partial charge is 0.303 e. The molecule has 0 bridgehead atoms. The number of nitrogens with one attached hydrogen (secondary N) is 1. The predicted octanol–water partition coefficient (Wildman–Crippen LogP) is 0.0857. The highest BCUT2D eigenvalue weighted by molar-refractivity contribution is 5.73. The van der Waals surface area contributed by atoms with Crippen LogP contribution in [0.15, 0.2) is 0 Å². The standard InChI is InChI=1S/C19H31NO10/c1-11(21)20-16-18(29-14(4)24)17(28-13(3)23)15(10-27-12(2)22)30-19(16)26-9-7-6-8-25-5/h15-19H,6-10H2,1-5H3,(H,20,21)/t15-,16?,17+,18?,19-/m1/s1. The number of carbonyl (C=O) groups is 4. The Kier molecular flexibility index (Phi) is 11.3. The Morgan fingerprint density at radius 3 is 2.00 bits per heavy atom. The number of unbranched alkanes of at least 4 members (excludes halogenated alkanes) is 1. The summed E-state index contributed by atoms with van der Waals surface area (Å²) >= 11 is 0. The Hall–Kier alpha value is -2.24. The number of amides is 1. The fourth-order valence-corrected chi connectivity index (χ4v) is 2.98. The molecule has 1 saturated heterocycles. The van der Waals surface area contributed by atoms with Crippen LogP contribution in [0.3, 0.4) is 0 Å². The maximum absolute atomic E-state index is 11.8. The molecule has 0 aliphatic carbocycles. The Morgan fingerprint density at radius 1 is 0.867 bits per heavy atom. The highest BCUT2D eigenvalue weighted by Crippen LogP contribution is 2.28. The second kappa shape index (κ2) is 13.1. The lowest BCUT2D eigenvalue weighted by molar-refractivity contribution is -0.277. The molecule has 2 unspecified atom stereocenters. The van der Waals surface area contributed by atoms with Gasteiger partial charge in [-0.2, -0.15) is 0 Å². The van der Waals surface area contributed by atoms with Crippen molar-refractivity contribution < 1.29 is 47.6 Å². The molecular weight excluding hydrogens is 402 g/mol. The van der Waals surface area contributed by atoms with Crippen LogP contribution < -0.4 is 5.32 Å². The number of methoxy groups -OCH3 is 1. The fraction of sp³-hybridized carbons (Fsp3) is 0.789. The van der Waals surface area contributed by atoms with Crippen LogP contribution in [0, 0.1) is 0 Å². The first kappa shape index (κ1) is 25.8. The third-order valence-electron chi connectivity index (χ3n) is 4.10. The first-order valence-corrected chi connectivity index (χ1v) is 9.66. The van der Waals surface area contributed by atoms with E-state index in [9.17, 15) is 19.2 Å². The molecule has 1 N–H and O–H groups in total. The number of ether oxygens (including phenoxy) is 6. The fourth-order valence-electron chi connectivity index (χ4n) is 2.98. The Bertz CT molecular complexity index is 596. The van der Waals surface area contributed by atoms with Crippen molar-refractivity contribution in [2.45, 2.75) is 71.2 Å². The van der Waals surface area contributed by atoms with Crippen molar-refractivity contribution in [2.24, 2.45) is 0 Å². The first-order valence-electron chi connectivity index (χ1n) is 9.66. The Balaban J connectivity index is 3.13. The number of rotatable bonds is 11. The summed E-state index contributed by atoms with van der Waals surface area (Å²) in [6, 6.07) is -0.952. The predicted molar refractivity (Wildman–Crippen MR) is 101 cm³/mol. The van der Waals surface area contributed by atoms with Gasteiger partial charge in [0.05, 0.1) is 0 Å². The molecule has 0 radical (unpaired) electrons. The van der Waals surface area contributed by atoms with Crippen molar-refractivity contribution in [3.8, 4) is 0 Å². The van der Waals surface area contributed by atoms with Gasteiger partial charge < -0.3 is 33.7 Å². The van der Waals surface area contributed by atoms with Crippen LogP contribution in [0.2, 0.25) is 0 Å². The van der Waals surface area contributed by atoms with Gasteiger partial charge in [0.2, 0.25) is 5.91 Å². The molecule has 11 nitrogen and oxygen atoms in total. The molecular formula is C19H31NO10. The summed E-state index contributed by atoms with van der Waals surface area (Å²) in [5.41, 5.74) is 0. The van der Waals surface area contributed by atoms with E-state index < -0.39 is 54.5 Å². The van der Waals surface area contributed by atoms with E-state index in [0.717, 1.165) is 6.42 Å². The van der Waals surface area contributed by atoms with E-state index in [-0.39, 0.29) is 13.2 Å². The zero-order chi connectivity index (χ0) is 22.7. The van der Waals surface area contributed by atoms with Crippen LogP contribution in [-0.4, -0.2) is 81.4 Å².